The average molecular weight is 315 g/mol. The first kappa shape index (κ1) is 15.0. The molecule has 1 fully saturated rings. The van der Waals surface area contributed by atoms with Crippen molar-refractivity contribution in [3.05, 3.63) is 53.9 Å². The molecule has 1 aromatic carbocycles. The van der Waals surface area contributed by atoms with Gasteiger partial charge in [0.2, 0.25) is 0 Å². The zero-order chi connectivity index (χ0) is 15.4. The zero-order valence-electron chi connectivity index (χ0n) is 12.3. The maximum atomic E-state index is 12.6. The summed E-state index contributed by atoms with van der Waals surface area (Å²) in [7, 11) is 0. The molecule has 1 aliphatic heterocycles. The van der Waals surface area contributed by atoms with Crippen molar-refractivity contribution in [2.75, 3.05) is 26.0 Å². The predicted molar refractivity (Wildman–Crippen MR) is 84.9 cm³/mol. The Morgan fingerprint density at radius 3 is 2.68 bits per heavy atom. The number of thioether (sulfide) groups is 1. The molecule has 2 aromatic rings. The fraction of sp³-hybridized carbons (Fsp3) is 0.312. The van der Waals surface area contributed by atoms with E-state index in [1.807, 2.05) is 36.6 Å². The summed E-state index contributed by atoms with van der Waals surface area (Å²) in [4.78, 5) is 22.7. The van der Waals surface area contributed by atoms with Crippen molar-refractivity contribution < 1.29 is 9.53 Å². The van der Waals surface area contributed by atoms with E-state index in [4.69, 9.17) is 4.74 Å². The van der Waals surface area contributed by atoms with E-state index in [1.54, 1.807) is 17.3 Å². The summed E-state index contributed by atoms with van der Waals surface area (Å²) in [5.74, 6) is -0.0446. The molecule has 2 heterocycles. The number of benzene rings is 1. The van der Waals surface area contributed by atoms with Gasteiger partial charge in [-0.15, -0.1) is 0 Å². The SMILES string of the molecule is CSc1ncc(C(=O)N2CCO[C@H](c3ccccc3)C2)cn1. The molecule has 0 spiro atoms. The Hall–Kier alpha value is -1.92. The Kier molecular flexibility index (Phi) is 4.70. The highest BCUT2D eigenvalue weighted by Crippen LogP contribution is 2.23. The van der Waals surface area contributed by atoms with E-state index in [-0.39, 0.29) is 12.0 Å². The number of hydrogen-bond donors (Lipinski definition) is 0. The second-order valence-electron chi connectivity index (χ2n) is 4.98. The Labute approximate surface area is 133 Å². The number of morpholine rings is 1. The summed E-state index contributed by atoms with van der Waals surface area (Å²) >= 11 is 1.46. The monoisotopic (exact) mass is 315 g/mol. The fourth-order valence-electron chi connectivity index (χ4n) is 2.42. The Balaban J connectivity index is 1.72. The lowest BCUT2D eigenvalue weighted by Gasteiger charge is -2.33. The Morgan fingerprint density at radius 2 is 2.00 bits per heavy atom. The fourth-order valence-corrected chi connectivity index (χ4v) is 2.73. The number of rotatable bonds is 3. The number of carbonyl (C=O) groups excluding carboxylic acids is 1. The maximum absolute atomic E-state index is 12.6. The molecule has 3 rings (SSSR count). The van der Waals surface area contributed by atoms with Gasteiger partial charge in [0, 0.05) is 18.9 Å². The van der Waals surface area contributed by atoms with Crippen molar-refractivity contribution in [2.45, 2.75) is 11.3 Å². The van der Waals surface area contributed by atoms with Crippen LogP contribution in [0.1, 0.15) is 22.0 Å². The van der Waals surface area contributed by atoms with Crippen molar-refractivity contribution in [3.8, 4) is 0 Å². The Morgan fingerprint density at radius 1 is 1.27 bits per heavy atom. The third-order valence-electron chi connectivity index (χ3n) is 3.58. The standard InChI is InChI=1S/C16H17N3O2S/c1-22-16-17-9-13(10-18-16)15(20)19-7-8-21-14(11-19)12-5-3-2-4-6-12/h2-6,9-10,14H,7-8,11H2,1H3/t14-/m0/s1. The predicted octanol–water partition coefficient (Wildman–Crippen LogP) is 2.41. The van der Waals surface area contributed by atoms with Crippen LogP contribution in [-0.2, 0) is 4.74 Å². The highest BCUT2D eigenvalue weighted by atomic mass is 32.2. The van der Waals surface area contributed by atoms with E-state index < -0.39 is 0 Å². The molecule has 0 bridgehead atoms. The second-order valence-corrected chi connectivity index (χ2v) is 5.75. The summed E-state index contributed by atoms with van der Waals surface area (Å²) in [5.41, 5.74) is 1.61. The van der Waals surface area contributed by atoms with Gasteiger partial charge in [-0.05, 0) is 11.8 Å². The van der Waals surface area contributed by atoms with Gasteiger partial charge in [-0.2, -0.15) is 0 Å². The molecule has 1 atom stereocenters. The van der Waals surface area contributed by atoms with E-state index in [0.717, 1.165) is 5.56 Å². The van der Waals surface area contributed by atoms with Gasteiger partial charge in [0.25, 0.3) is 5.91 Å². The number of carbonyl (C=O) groups is 1. The molecule has 6 heteroatoms. The number of amides is 1. The normalized spacial score (nSPS) is 18.2. The van der Waals surface area contributed by atoms with Crippen LogP contribution in [0.2, 0.25) is 0 Å². The molecule has 0 saturated carbocycles. The minimum atomic E-state index is -0.0784. The first-order chi connectivity index (χ1) is 10.8. The van der Waals surface area contributed by atoms with Crippen molar-refractivity contribution in [3.63, 3.8) is 0 Å². The molecule has 114 valence electrons. The lowest BCUT2D eigenvalue weighted by molar-refractivity contribution is -0.0228. The summed E-state index contributed by atoms with van der Waals surface area (Å²) in [6.45, 7) is 1.68. The zero-order valence-corrected chi connectivity index (χ0v) is 13.1. The van der Waals surface area contributed by atoms with Crippen LogP contribution in [0.15, 0.2) is 47.9 Å². The van der Waals surface area contributed by atoms with Crippen LogP contribution in [0.4, 0.5) is 0 Å². The molecule has 1 aromatic heterocycles. The summed E-state index contributed by atoms with van der Waals surface area (Å²) < 4.78 is 5.79. The molecule has 1 aliphatic rings. The van der Waals surface area contributed by atoms with E-state index in [2.05, 4.69) is 9.97 Å². The van der Waals surface area contributed by atoms with Crippen LogP contribution >= 0.6 is 11.8 Å². The summed E-state index contributed by atoms with van der Waals surface area (Å²) in [6, 6.07) is 9.98. The maximum Gasteiger partial charge on any atom is 0.257 e. The van der Waals surface area contributed by atoms with Crippen LogP contribution < -0.4 is 0 Å². The van der Waals surface area contributed by atoms with Crippen LogP contribution in [0.3, 0.4) is 0 Å². The van der Waals surface area contributed by atoms with Gasteiger partial charge in [0.15, 0.2) is 5.16 Å². The second kappa shape index (κ2) is 6.89. The lowest BCUT2D eigenvalue weighted by atomic mass is 10.1. The molecular weight excluding hydrogens is 298 g/mol. The summed E-state index contributed by atoms with van der Waals surface area (Å²) in [6.07, 6.45) is 5.01. The highest BCUT2D eigenvalue weighted by Gasteiger charge is 2.26. The van der Waals surface area contributed by atoms with Crippen LogP contribution in [-0.4, -0.2) is 46.7 Å². The molecule has 0 aliphatic carbocycles. The average Bonchev–Trinajstić information content (AvgIpc) is 2.62. The van der Waals surface area contributed by atoms with Gasteiger partial charge in [0.05, 0.1) is 18.7 Å². The number of nitrogens with zero attached hydrogens (tertiary/aromatic N) is 3. The molecule has 1 saturated heterocycles. The quantitative estimate of drug-likeness (QED) is 0.643. The van der Waals surface area contributed by atoms with E-state index in [9.17, 15) is 4.79 Å². The van der Waals surface area contributed by atoms with Gasteiger partial charge >= 0.3 is 0 Å². The topological polar surface area (TPSA) is 55.3 Å². The number of ether oxygens (including phenoxy) is 1. The summed E-state index contributed by atoms with van der Waals surface area (Å²) in [5, 5.41) is 0.667. The van der Waals surface area contributed by atoms with Crippen LogP contribution in [0, 0.1) is 0 Å². The minimum absolute atomic E-state index is 0.0446. The van der Waals surface area contributed by atoms with Crippen molar-refractivity contribution in [1.29, 1.82) is 0 Å². The molecule has 0 radical (unpaired) electrons. The van der Waals surface area contributed by atoms with Crippen LogP contribution in [0.25, 0.3) is 0 Å². The smallest absolute Gasteiger partial charge is 0.257 e. The lowest BCUT2D eigenvalue weighted by Crippen LogP contribution is -2.42. The van der Waals surface area contributed by atoms with Crippen molar-refractivity contribution in [1.82, 2.24) is 14.9 Å². The molecule has 0 N–H and O–H groups in total. The first-order valence-electron chi connectivity index (χ1n) is 7.10. The molecule has 5 nitrogen and oxygen atoms in total. The van der Waals surface area contributed by atoms with Gasteiger partial charge in [-0.3, -0.25) is 4.79 Å². The number of hydrogen-bond acceptors (Lipinski definition) is 5. The van der Waals surface area contributed by atoms with Crippen LogP contribution in [0.5, 0.6) is 0 Å². The van der Waals surface area contributed by atoms with Gasteiger partial charge in [0.1, 0.15) is 6.10 Å². The van der Waals surface area contributed by atoms with Gasteiger partial charge < -0.3 is 9.64 Å². The number of aromatic nitrogens is 2. The van der Waals surface area contributed by atoms with E-state index >= 15 is 0 Å². The van der Waals surface area contributed by atoms with Crippen molar-refractivity contribution >= 4 is 17.7 Å². The molecule has 22 heavy (non-hydrogen) atoms. The van der Waals surface area contributed by atoms with Crippen molar-refractivity contribution in [2.24, 2.45) is 0 Å². The Bertz CT molecular complexity index is 634. The molecule has 0 unspecified atom stereocenters. The first-order valence-corrected chi connectivity index (χ1v) is 8.32. The molecular formula is C16H17N3O2S. The third kappa shape index (κ3) is 3.28. The third-order valence-corrected chi connectivity index (χ3v) is 4.16. The largest absolute Gasteiger partial charge is 0.370 e. The minimum Gasteiger partial charge on any atom is -0.370 e. The highest BCUT2D eigenvalue weighted by molar-refractivity contribution is 7.98. The van der Waals surface area contributed by atoms with Gasteiger partial charge in [-0.25, -0.2) is 9.97 Å². The van der Waals surface area contributed by atoms with E-state index in [1.165, 1.54) is 11.8 Å². The van der Waals surface area contributed by atoms with E-state index in [0.29, 0.717) is 30.4 Å². The van der Waals surface area contributed by atoms with Gasteiger partial charge in [-0.1, -0.05) is 42.1 Å². The molecule has 1 amide bonds.